The lowest BCUT2D eigenvalue weighted by molar-refractivity contribution is -0.137. The molecule has 0 heterocycles. The van der Waals surface area contributed by atoms with Gasteiger partial charge in [-0.1, -0.05) is 30.3 Å². The molecule has 0 saturated carbocycles. The third kappa shape index (κ3) is 6.14. The van der Waals surface area contributed by atoms with Crippen LogP contribution >= 0.6 is 0 Å². The van der Waals surface area contributed by atoms with Gasteiger partial charge < -0.3 is 5.32 Å². The molecule has 9 heteroatoms. The molecular formula is C17H15F4NO3S. The van der Waals surface area contributed by atoms with Crippen molar-refractivity contribution in [3.63, 3.8) is 0 Å². The van der Waals surface area contributed by atoms with Gasteiger partial charge in [0, 0.05) is 6.54 Å². The van der Waals surface area contributed by atoms with Crippen LogP contribution in [0.1, 0.15) is 16.7 Å². The Morgan fingerprint density at radius 2 is 1.65 bits per heavy atom. The Labute approximate surface area is 147 Å². The van der Waals surface area contributed by atoms with Gasteiger partial charge in [0.05, 0.1) is 11.3 Å². The lowest BCUT2D eigenvalue weighted by atomic mass is 10.1. The number of amides is 1. The molecule has 2 rings (SSSR count). The third-order valence-electron chi connectivity index (χ3n) is 3.39. The van der Waals surface area contributed by atoms with E-state index >= 15 is 0 Å². The number of carbonyl (C=O) groups is 1. The molecule has 0 radical (unpaired) electrons. The van der Waals surface area contributed by atoms with Crippen molar-refractivity contribution >= 4 is 15.7 Å². The molecule has 0 fully saturated rings. The smallest absolute Gasteiger partial charge is 0.351 e. The van der Waals surface area contributed by atoms with Crippen molar-refractivity contribution in [3.05, 3.63) is 71.0 Å². The monoisotopic (exact) mass is 389 g/mol. The van der Waals surface area contributed by atoms with Crippen molar-refractivity contribution in [2.75, 3.05) is 5.75 Å². The van der Waals surface area contributed by atoms with Crippen LogP contribution in [-0.4, -0.2) is 20.1 Å². The highest BCUT2D eigenvalue weighted by Gasteiger charge is 2.30. The number of halogens is 4. The Balaban J connectivity index is 1.95. The molecule has 1 amide bonds. The van der Waals surface area contributed by atoms with Crippen LogP contribution in [0.4, 0.5) is 17.6 Å². The number of nitrogens with one attached hydrogen (secondary N) is 1. The van der Waals surface area contributed by atoms with Crippen molar-refractivity contribution in [1.82, 2.24) is 5.32 Å². The summed E-state index contributed by atoms with van der Waals surface area (Å²) in [5, 5.41) is 2.38. The van der Waals surface area contributed by atoms with E-state index in [4.69, 9.17) is 0 Å². The van der Waals surface area contributed by atoms with E-state index in [0.29, 0.717) is 5.56 Å². The van der Waals surface area contributed by atoms with Crippen molar-refractivity contribution in [2.24, 2.45) is 0 Å². The van der Waals surface area contributed by atoms with E-state index in [1.165, 1.54) is 30.3 Å². The predicted molar refractivity (Wildman–Crippen MR) is 87.2 cm³/mol. The van der Waals surface area contributed by atoms with Gasteiger partial charge in [-0.3, -0.25) is 4.79 Å². The second-order valence-corrected chi connectivity index (χ2v) is 7.70. The van der Waals surface area contributed by atoms with Crippen LogP contribution in [0.25, 0.3) is 0 Å². The Kier molecular flexibility index (Phi) is 6.01. The number of hydrogen-bond acceptors (Lipinski definition) is 3. The predicted octanol–water partition coefficient (Wildman–Crippen LogP) is 3.08. The number of rotatable bonds is 6. The van der Waals surface area contributed by atoms with Gasteiger partial charge in [-0.25, -0.2) is 12.8 Å². The Hall–Kier alpha value is -2.42. The number of alkyl halides is 3. The topological polar surface area (TPSA) is 63.2 Å². The van der Waals surface area contributed by atoms with Crippen molar-refractivity contribution < 1.29 is 30.8 Å². The highest BCUT2D eigenvalue weighted by atomic mass is 32.2. The van der Waals surface area contributed by atoms with Crippen LogP contribution in [0.5, 0.6) is 0 Å². The summed E-state index contributed by atoms with van der Waals surface area (Å²) in [7, 11) is -3.95. The Morgan fingerprint density at radius 1 is 1.00 bits per heavy atom. The average Bonchev–Trinajstić information content (AvgIpc) is 2.53. The summed E-state index contributed by atoms with van der Waals surface area (Å²) < 4.78 is 74.8. The fraction of sp³-hybridized carbons (Fsp3) is 0.235. The zero-order chi connectivity index (χ0) is 19.4. The van der Waals surface area contributed by atoms with Crippen LogP contribution in [0.15, 0.2) is 48.5 Å². The first kappa shape index (κ1) is 19.9. The van der Waals surface area contributed by atoms with Gasteiger partial charge in [0.15, 0.2) is 9.84 Å². The van der Waals surface area contributed by atoms with E-state index in [1.807, 2.05) is 0 Å². The van der Waals surface area contributed by atoms with E-state index in [2.05, 4.69) is 5.32 Å². The van der Waals surface area contributed by atoms with Gasteiger partial charge in [0.25, 0.3) is 0 Å². The lowest BCUT2D eigenvalue weighted by Crippen LogP contribution is -2.30. The second kappa shape index (κ2) is 7.86. The molecule has 0 aliphatic rings. The highest BCUT2D eigenvalue weighted by Crippen LogP contribution is 2.29. The SMILES string of the molecule is O=C(CS(=O)(=O)Cc1cccc(C(F)(F)F)c1)NCc1ccc(F)cc1. The van der Waals surface area contributed by atoms with E-state index in [9.17, 15) is 30.8 Å². The zero-order valence-corrected chi connectivity index (χ0v) is 14.2. The van der Waals surface area contributed by atoms with E-state index < -0.39 is 44.8 Å². The molecule has 2 aromatic carbocycles. The van der Waals surface area contributed by atoms with Crippen LogP contribution in [0.2, 0.25) is 0 Å². The maximum atomic E-state index is 12.8. The van der Waals surface area contributed by atoms with Gasteiger partial charge in [-0.15, -0.1) is 0 Å². The lowest BCUT2D eigenvalue weighted by Gasteiger charge is -2.10. The van der Waals surface area contributed by atoms with Crippen LogP contribution in [-0.2, 0) is 33.1 Å². The summed E-state index contributed by atoms with van der Waals surface area (Å²) in [6.07, 6.45) is -4.58. The first-order valence-corrected chi connectivity index (χ1v) is 9.25. The number of sulfone groups is 1. The van der Waals surface area contributed by atoms with E-state index in [0.717, 1.165) is 18.2 Å². The average molecular weight is 389 g/mol. The summed E-state index contributed by atoms with van der Waals surface area (Å²) >= 11 is 0. The molecule has 26 heavy (non-hydrogen) atoms. The minimum absolute atomic E-state index is 0.0121. The minimum Gasteiger partial charge on any atom is -0.351 e. The molecule has 0 aromatic heterocycles. The molecule has 2 aromatic rings. The van der Waals surface area contributed by atoms with Gasteiger partial charge in [0.2, 0.25) is 5.91 Å². The largest absolute Gasteiger partial charge is 0.416 e. The summed E-state index contributed by atoms with van der Waals surface area (Å²) in [5.41, 5.74) is -0.424. The molecule has 140 valence electrons. The molecule has 0 spiro atoms. The number of carbonyl (C=O) groups excluding carboxylic acids is 1. The van der Waals surface area contributed by atoms with E-state index in [1.54, 1.807) is 0 Å². The fourth-order valence-electron chi connectivity index (χ4n) is 2.20. The maximum Gasteiger partial charge on any atom is 0.416 e. The van der Waals surface area contributed by atoms with Crippen molar-refractivity contribution in [3.8, 4) is 0 Å². The third-order valence-corrected chi connectivity index (χ3v) is 4.87. The van der Waals surface area contributed by atoms with Crippen molar-refractivity contribution in [1.29, 1.82) is 0 Å². The van der Waals surface area contributed by atoms with Crippen LogP contribution in [0.3, 0.4) is 0 Å². The van der Waals surface area contributed by atoms with Gasteiger partial charge in [-0.2, -0.15) is 13.2 Å². The molecule has 0 saturated heterocycles. The van der Waals surface area contributed by atoms with Crippen LogP contribution in [0, 0.1) is 5.82 Å². The summed E-state index contributed by atoms with van der Waals surface area (Å²) in [4.78, 5) is 11.8. The molecule has 0 aliphatic carbocycles. The molecule has 0 aliphatic heterocycles. The van der Waals surface area contributed by atoms with Crippen LogP contribution < -0.4 is 5.32 Å². The molecule has 1 N–H and O–H groups in total. The highest BCUT2D eigenvalue weighted by molar-refractivity contribution is 7.91. The summed E-state index contributed by atoms with van der Waals surface area (Å²) in [6, 6.07) is 9.22. The standard InChI is InChI=1S/C17H15F4NO3S/c18-15-6-4-12(5-7-15)9-22-16(23)11-26(24,25)10-13-2-1-3-14(8-13)17(19,20)21/h1-8H,9-11H2,(H,22,23). The maximum absolute atomic E-state index is 12.8. The molecule has 4 nitrogen and oxygen atoms in total. The number of benzene rings is 2. The molecule has 0 unspecified atom stereocenters. The quantitative estimate of drug-likeness (QED) is 0.773. The van der Waals surface area contributed by atoms with Gasteiger partial charge in [0.1, 0.15) is 11.6 Å². The Morgan fingerprint density at radius 3 is 2.27 bits per heavy atom. The van der Waals surface area contributed by atoms with Crippen molar-refractivity contribution in [2.45, 2.75) is 18.5 Å². The zero-order valence-electron chi connectivity index (χ0n) is 13.4. The summed E-state index contributed by atoms with van der Waals surface area (Å²) in [6.45, 7) is 0.0121. The molecule has 0 atom stereocenters. The van der Waals surface area contributed by atoms with Gasteiger partial charge in [-0.05, 0) is 29.3 Å². The Bertz CT molecular complexity index is 878. The van der Waals surface area contributed by atoms with E-state index in [-0.39, 0.29) is 12.1 Å². The fourth-order valence-corrected chi connectivity index (χ4v) is 3.49. The summed E-state index contributed by atoms with van der Waals surface area (Å²) in [5.74, 6) is -2.77. The number of hydrogen-bond donors (Lipinski definition) is 1. The second-order valence-electron chi connectivity index (χ2n) is 5.63. The first-order valence-electron chi connectivity index (χ1n) is 7.43. The first-order chi connectivity index (χ1) is 12.0. The normalized spacial score (nSPS) is 12.0. The molecule has 0 bridgehead atoms. The minimum atomic E-state index is -4.58. The molecular weight excluding hydrogens is 374 g/mol. The van der Waals surface area contributed by atoms with Gasteiger partial charge >= 0.3 is 6.18 Å².